The maximum absolute atomic E-state index is 13.8. The van der Waals surface area contributed by atoms with Gasteiger partial charge in [-0.15, -0.1) is 0 Å². The second kappa shape index (κ2) is 9.09. The number of benzene rings is 2. The molecule has 0 aliphatic heterocycles. The highest BCUT2D eigenvalue weighted by Gasteiger charge is 2.17. The van der Waals surface area contributed by atoms with Crippen molar-refractivity contribution in [1.29, 1.82) is 0 Å². The quantitative estimate of drug-likeness (QED) is 0.328. The van der Waals surface area contributed by atoms with Crippen molar-refractivity contribution >= 4 is 45.9 Å². The van der Waals surface area contributed by atoms with Crippen molar-refractivity contribution in [2.45, 2.75) is 25.5 Å². The van der Waals surface area contributed by atoms with E-state index in [1.165, 1.54) is 4.57 Å². The third-order valence-electron chi connectivity index (χ3n) is 4.07. The molecular formula is C20H17ClF3N3O2S. The molecule has 0 spiro atoms. The molecule has 0 aliphatic carbocycles. The van der Waals surface area contributed by atoms with Crippen molar-refractivity contribution in [3.8, 4) is 0 Å². The largest absolute Gasteiger partial charge is 0.323 e. The Morgan fingerprint density at radius 2 is 1.93 bits per heavy atom. The lowest BCUT2D eigenvalue weighted by Crippen LogP contribution is -2.26. The van der Waals surface area contributed by atoms with Crippen molar-refractivity contribution in [2.75, 3.05) is 11.1 Å². The smallest absolute Gasteiger partial charge is 0.262 e. The molecule has 0 atom stereocenters. The molecule has 0 unspecified atom stereocenters. The third kappa shape index (κ3) is 4.79. The van der Waals surface area contributed by atoms with Crippen LogP contribution in [0.15, 0.2) is 40.3 Å². The fourth-order valence-electron chi connectivity index (χ4n) is 2.75. The van der Waals surface area contributed by atoms with Gasteiger partial charge in [0.25, 0.3) is 5.56 Å². The number of fused-ring (bicyclic) bond motifs is 1. The molecule has 0 saturated heterocycles. The van der Waals surface area contributed by atoms with Crippen LogP contribution in [0.3, 0.4) is 0 Å². The van der Waals surface area contributed by atoms with Gasteiger partial charge in [0.05, 0.1) is 22.3 Å². The summed E-state index contributed by atoms with van der Waals surface area (Å²) in [6, 6.07) is 6.40. The molecule has 1 heterocycles. The standard InChI is InChI=1S/C20H17ClF3N3O2S/c1-10(2)8-27-19(29)12-4-3-11(21)7-15(12)26-20(27)30-9-16(28)25-14-6-5-13(22)17(23)18(14)24/h3-7,10H,8-9H2,1-2H3,(H,25,28). The molecule has 5 nitrogen and oxygen atoms in total. The first kappa shape index (κ1) is 22.2. The summed E-state index contributed by atoms with van der Waals surface area (Å²) in [5.74, 6) is -5.26. The van der Waals surface area contributed by atoms with Crippen LogP contribution in [0, 0.1) is 23.4 Å². The molecule has 1 N–H and O–H groups in total. The van der Waals surface area contributed by atoms with Crippen LogP contribution in [-0.4, -0.2) is 21.2 Å². The molecule has 1 aromatic heterocycles. The van der Waals surface area contributed by atoms with Crippen molar-refractivity contribution in [1.82, 2.24) is 9.55 Å². The van der Waals surface area contributed by atoms with Crippen molar-refractivity contribution in [2.24, 2.45) is 5.92 Å². The predicted molar refractivity (Wildman–Crippen MR) is 112 cm³/mol. The topological polar surface area (TPSA) is 64.0 Å². The van der Waals surface area contributed by atoms with Gasteiger partial charge in [0.2, 0.25) is 5.91 Å². The minimum atomic E-state index is -1.67. The summed E-state index contributed by atoms with van der Waals surface area (Å²) in [7, 11) is 0. The molecule has 3 rings (SSSR count). The van der Waals surface area contributed by atoms with Crippen LogP contribution in [-0.2, 0) is 11.3 Å². The van der Waals surface area contributed by atoms with Crippen LogP contribution in [0.4, 0.5) is 18.9 Å². The number of halogens is 4. The molecular weight excluding hydrogens is 439 g/mol. The van der Waals surface area contributed by atoms with Crippen LogP contribution in [0.2, 0.25) is 5.02 Å². The zero-order chi connectivity index (χ0) is 22.0. The average Bonchev–Trinajstić information content (AvgIpc) is 2.69. The Morgan fingerprint density at radius 3 is 2.63 bits per heavy atom. The zero-order valence-corrected chi connectivity index (χ0v) is 17.6. The Morgan fingerprint density at radius 1 is 1.20 bits per heavy atom. The summed E-state index contributed by atoms with van der Waals surface area (Å²) >= 11 is 6.96. The molecule has 10 heteroatoms. The number of nitrogens with zero attached hydrogens (tertiary/aromatic N) is 2. The van der Waals surface area contributed by atoms with Gasteiger partial charge in [-0.05, 0) is 36.2 Å². The maximum atomic E-state index is 13.8. The van der Waals surface area contributed by atoms with Crippen molar-refractivity contribution < 1.29 is 18.0 Å². The van der Waals surface area contributed by atoms with E-state index in [4.69, 9.17) is 11.6 Å². The molecule has 0 saturated carbocycles. The maximum Gasteiger partial charge on any atom is 0.262 e. The van der Waals surface area contributed by atoms with Crippen LogP contribution in [0.5, 0.6) is 0 Å². The molecule has 1 amide bonds. The first-order chi connectivity index (χ1) is 14.2. The van der Waals surface area contributed by atoms with E-state index in [0.717, 1.165) is 23.9 Å². The number of nitrogens with one attached hydrogen (secondary N) is 1. The van der Waals surface area contributed by atoms with Crippen LogP contribution in [0.25, 0.3) is 10.9 Å². The van der Waals surface area contributed by atoms with Gasteiger partial charge in [-0.25, -0.2) is 18.2 Å². The number of carbonyl (C=O) groups excluding carboxylic acids is 1. The number of thioether (sulfide) groups is 1. The Kier molecular flexibility index (Phi) is 6.72. The van der Waals surface area contributed by atoms with Gasteiger partial charge in [0, 0.05) is 11.6 Å². The Hall–Kier alpha value is -2.52. The lowest BCUT2D eigenvalue weighted by Gasteiger charge is -2.15. The first-order valence-corrected chi connectivity index (χ1v) is 10.3. The van der Waals surface area contributed by atoms with Crippen LogP contribution in [0.1, 0.15) is 13.8 Å². The van der Waals surface area contributed by atoms with Crippen molar-refractivity contribution in [3.63, 3.8) is 0 Å². The molecule has 0 bridgehead atoms. The third-order valence-corrected chi connectivity index (χ3v) is 5.28. The van der Waals surface area contributed by atoms with Gasteiger partial charge in [-0.1, -0.05) is 37.2 Å². The van der Waals surface area contributed by atoms with Gasteiger partial charge in [0.15, 0.2) is 22.6 Å². The summed E-state index contributed by atoms with van der Waals surface area (Å²) in [6.07, 6.45) is 0. The number of hydrogen-bond acceptors (Lipinski definition) is 4. The zero-order valence-electron chi connectivity index (χ0n) is 16.0. The molecule has 158 valence electrons. The number of amides is 1. The Labute approximate surface area is 179 Å². The number of carbonyl (C=O) groups is 1. The van der Waals surface area contributed by atoms with E-state index in [9.17, 15) is 22.8 Å². The molecule has 3 aromatic rings. The molecule has 0 aliphatic rings. The highest BCUT2D eigenvalue weighted by atomic mass is 35.5. The fourth-order valence-corrected chi connectivity index (χ4v) is 3.72. The second-order valence-corrected chi connectivity index (χ2v) is 8.30. The van der Waals surface area contributed by atoms with E-state index in [1.807, 2.05) is 13.8 Å². The van der Waals surface area contributed by atoms with E-state index in [2.05, 4.69) is 10.3 Å². The summed E-state index contributed by atoms with van der Waals surface area (Å²) in [6.45, 7) is 4.25. The molecule has 0 fully saturated rings. The van der Waals surface area contributed by atoms with Crippen LogP contribution >= 0.6 is 23.4 Å². The minimum Gasteiger partial charge on any atom is -0.323 e. The number of anilines is 1. The fraction of sp³-hybridized carbons (Fsp3) is 0.250. The Bertz CT molecular complexity index is 1180. The highest BCUT2D eigenvalue weighted by Crippen LogP contribution is 2.23. The lowest BCUT2D eigenvalue weighted by molar-refractivity contribution is -0.113. The van der Waals surface area contributed by atoms with Gasteiger partial charge in [-0.2, -0.15) is 0 Å². The summed E-state index contributed by atoms with van der Waals surface area (Å²) in [4.78, 5) is 29.6. The lowest BCUT2D eigenvalue weighted by atomic mass is 10.2. The summed E-state index contributed by atoms with van der Waals surface area (Å²) in [5, 5.41) is 3.30. The normalized spacial score (nSPS) is 11.3. The average molecular weight is 456 g/mol. The van der Waals surface area contributed by atoms with Gasteiger partial charge in [0.1, 0.15) is 0 Å². The SMILES string of the molecule is CC(C)Cn1c(SCC(=O)Nc2ccc(F)c(F)c2F)nc2cc(Cl)ccc2c1=O. The highest BCUT2D eigenvalue weighted by molar-refractivity contribution is 7.99. The molecule has 30 heavy (non-hydrogen) atoms. The Balaban J connectivity index is 1.86. The van der Waals surface area contributed by atoms with Gasteiger partial charge >= 0.3 is 0 Å². The first-order valence-electron chi connectivity index (χ1n) is 8.93. The van der Waals surface area contributed by atoms with E-state index in [-0.39, 0.29) is 17.2 Å². The number of hydrogen-bond donors (Lipinski definition) is 1. The summed E-state index contributed by atoms with van der Waals surface area (Å²) in [5.41, 5.74) is -0.348. The monoisotopic (exact) mass is 455 g/mol. The predicted octanol–water partition coefficient (Wildman–Crippen LogP) is 4.85. The molecule has 0 radical (unpaired) electrons. The van der Waals surface area contributed by atoms with E-state index < -0.39 is 29.0 Å². The van der Waals surface area contributed by atoms with Crippen LogP contribution < -0.4 is 10.9 Å². The number of rotatable bonds is 6. The van der Waals surface area contributed by atoms with E-state index in [0.29, 0.717) is 27.6 Å². The van der Waals surface area contributed by atoms with Gasteiger partial charge in [-0.3, -0.25) is 14.2 Å². The molecule has 2 aromatic carbocycles. The van der Waals surface area contributed by atoms with Crippen molar-refractivity contribution in [3.05, 3.63) is 63.2 Å². The van der Waals surface area contributed by atoms with Gasteiger partial charge < -0.3 is 5.32 Å². The van der Waals surface area contributed by atoms with E-state index >= 15 is 0 Å². The minimum absolute atomic E-state index is 0.138. The number of aromatic nitrogens is 2. The second-order valence-electron chi connectivity index (χ2n) is 6.93. The summed E-state index contributed by atoms with van der Waals surface area (Å²) < 4.78 is 41.6. The van der Waals surface area contributed by atoms with E-state index in [1.54, 1.807) is 18.2 Å².